The van der Waals surface area contributed by atoms with Crippen molar-refractivity contribution in [3.05, 3.63) is 54.1 Å². The van der Waals surface area contributed by atoms with Gasteiger partial charge in [-0.25, -0.2) is 10.4 Å². The number of unbranched alkanes of at least 4 members (excludes halogenated alkanes) is 2. The van der Waals surface area contributed by atoms with E-state index in [-0.39, 0.29) is 5.91 Å². The van der Waals surface area contributed by atoms with Crippen molar-refractivity contribution in [2.24, 2.45) is 5.10 Å². The van der Waals surface area contributed by atoms with Crippen molar-refractivity contribution in [2.45, 2.75) is 45.1 Å². The van der Waals surface area contributed by atoms with E-state index in [0.717, 1.165) is 30.7 Å². The number of aryl methyl sites for hydroxylation is 2. The molecule has 0 spiro atoms. The molecule has 0 radical (unpaired) electrons. The summed E-state index contributed by atoms with van der Waals surface area (Å²) in [5.41, 5.74) is 5.98. The lowest BCUT2D eigenvalue weighted by atomic mass is 10.0. The molecule has 120 valence electrons. The van der Waals surface area contributed by atoms with Crippen LogP contribution in [0, 0.1) is 0 Å². The SMILES string of the molecule is O=C1CCC(c2ccc(CCCCCn3ccnc3)cc2)=NN1. The molecule has 0 unspecified atom stereocenters. The number of amides is 1. The van der Waals surface area contributed by atoms with Gasteiger partial charge in [0.15, 0.2) is 0 Å². The summed E-state index contributed by atoms with van der Waals surface area (Å²) in [6, 6.07) is 8.56. The van der Waals surface area contributed by atoms with E-state index in [4.69, 9.17) is 0 Å². The maximum atomic E-state index is 11.1. The molecule has 0 aliphatic carbocycles. The van der Waals surface area contributed by atoms with Crippen molar-refractivity contribution >= 4 is 11.6 Å². The van der Waals surface area contributed by atoms with E-state index in [2.05, 4.69) is 44.3 Å². The predicted octanol–water partition coefficient (Wildman–Crippen LogP) is 2.91. The molecule has 0 fully saturated rings. The van der Waals surface area contributed by atoms with Gasteiger partial charge in [0.05, 0.1) is 12.0 Å². The molecule has 23 heavy (non-hydrogen) atoms. The number of nitrogens with zero attached hydrogens (tertiary/aromatic N) is 3. The Bertz CT molecular complexity index is 659. The minimum atomic E-state index is 0.000984. The lowest BCUT2D eigenvalue weighted by molar-refractivity contribution is -0.121. The van der Waals surface area contributed by atoms with Crippen LogP contribution < -0.4 is 5.43 Å². The van der Waals surface area contributed by atoms with Crippen LogP contribution in [0.3, 0.4) is 0 Å². The van der Waals surface area contributed by atoms with Gasteiger partial charge < -0.3 is 4.57 Å². The highest BCUT2D eigenvalue weighted by molar-refractivity contribution is 6.04. The monoisotopic (exact) mass is 310 g/mol. The molecule has 1 aromatic heterocycles. The summed E-state index contributed by atoms with van der Waals surface area (Å²) >= 11 is 0. The van der Waals surface area contributed by atoms with Gasteiger partial charge in [-0.3, -0.25) is 4.79 Å². The Morgan fingerprint density at radius 2 is 1.96 bits per heavy atom. The van der Waals surface area contributed by atoms with Gasteiger partial charge in [-0.2, -0.15) is 5.10 Å². The number of aromatic nitrogens is 2. The number of hydrazone groups is 1. The molecule has 0 saturated carbocycles. The molecule has 2 heterocycles. The van der Waals surface area contributed by atoms with Gasteiger partial charge >= 0.3 is 0 Å². The summed E-state index contributed by atoms with van der Waals surface area (Å²) in [6.07, 6.45) is 11.7. The number of hydrogen-bond donors (Lipinski definition) is 1. The molecule has 1 aromatic carbocycles. The maximum absolute atomic E-state index is 11.1. The molecule has 1 amide bonds. The van der Waals surface area contributed by atoms with Gasteiger partial charge in [0.25, 0.3) is 0 Å². The highest BCUT2D eigenvalue weighted by Crippen LogP contribution is 2.13. The Morgan fingerprint density at radius 3 is 2.65 bits per heavy atom. The summed E-state index contributed by atoms with van der Waals surface area (Å²) in [4.78, 5) is 15.2. The van der Waals surface area contributed by atoms with Gasteiger partial charge in [-0.05, 0) is 30.4 Å². The average molecular weight is 310 g/mol. The Kier molecular flexibility index (Phi) is 5.19. The van der Waals surface area contributed by atoms with Gasteiger partial charge in [0.1, 0.15) is 0 Å². The number of nitrogens with one attached hydrogen (secondary N) is 1. The van der Waals surface area contributed by atoms with Gasteiger partial charge in [0.2, 0.25) is 5.91 Å². The number of benzene rings is 1. The van der Waals surface area contributed by atoms with E-state index in [1.165, 1.54) is 24.8 Å². The Balaban J connectivity index is 1.42. The number of imidazole rings is 1. The fraction of sp³-hybridized carbons (Fsp3) is 0.389. The summed E-state index contributed by atoms with van der Waals surface area (Å²) in [5.74, 6) is 0.000984. The first-order valence-corrected chi connectivity index (χ1v) is 8.22. The van der Waals surface area contributed by atoms with Crippen LogP contribution in [0.2, 0.25) is 0 Å². The van der Waals surface area contributed by atoms with Gasteiger partial charge in [-0.15, -0.1) is 0 Å². The topological polar surface area (TPSA) is 59.3 Å². The van der Waals surface area contributed by atoms with Crippen LogP contribution in [0.1, 0.15) is 43.2 Å². The normalized spacial score (nSPS) is 14.4. The second-order valence-corrected chi connectivity index (χ2v) is 5.90. The zero-order valence-corrected chi connectivity index (χ0v) is 13.2. The standard InChI is InChI=1S/C18H22N4O/c23-18-10-9-17(20-21-18)16-7-5-15(6-8-16)4-2-1-3-12-22-13-11-19-14-22/h5-8,11,13-14H,1-4,9-10,12H2,(H,21,23). The number of rotatable bonds is 7. The lowest BCUT2D eigenvalue weighted by Crippen LogP contribution is -2.25. The molecule has 0 bridgehead atoms. The number of carbonyl (C=O) groups is 1. The van der Waals surface area contributed by atoms with Crippen molar-refractivity contribution in [3.8, 4) is 0 Å². The van der Waals surface area contributed by atoms with Crippen LogP contribution in [-0.4, -0.2) is 21.2 Å². The van der Waals surface area contributed by atoms with Crippen LogP contribution in [0.5, 0.6) is 0 Å². The fourth-order valence-electron chi connectivity index (χ4n) is 2.77. The zero-order valence-electron chi connectivity index (χ0n) is 13.2. The van der Waals surface area contributed by atoms with E-state index < -0.39 is 0 Å². The van der Waals surface area contributed by atoms with Crippen molar-refractivity contribution in [1.82, 2.24) is 15.0 Å². The first kappa shape index (κ1) is 15.5. The average Bonchev–Trinajstić information content (AvgIpc) is 3.09. The summed E-state index contributed by atoms with van der Waals surface area (Å²) in [6.45, 7) is 1.05. The first-order valence-electron chi connectivity index (χ1n) is 8.22. The smallest absolute Gasteiger partial charge is 0.240 e. The van der Waals surface area contributed by atoms with Crippen LogP contribution in [0.4, 0.5) is 0 Å². The minimum absolute atomic E-state index is 0.000984. The molecular weight excluding hydrogens is 288 g/mol. The van der Waals surface area contributed by atoms with Crippen molar-refractivity contribution in [3.63, 3.8) is 0 Å². The van der Waals surface area contributed by atoms with Crippen molar-refractivity contribution < 1.29 is 4.79 Å². The van der Waals surface area contributed by atoms with E-state index in [0.29, 0.717) is 6.42 Å². The molecule has 1 aliphatic rings. The molecule has 1 aliphatic heterocycles. The fourth-order valence-corrected chi connectivity index (χ4v) is 2.77. The van der Waals surface area contributed by atoms with Crippen molar-refractivity contribution in [1.29, 1.82) is 0 Å². The predicted molar refractivity (Wildman–Crippen MR) is 90.1 cm³/mol. The van der Waals surface area contributed by atoms with Crippen LogP contribution in [-0.2, 0) is 17.8 Å². The van der Waals surface area contributed by atoms with E-state index in [9.17, 15) is 4.79 Å². The molecule has 2 aromatic rings. The molecule has 3 rings (SSSR count). The summed E-state index contributed by atoms with van der Waals surface area (Å²) < 4.78 is 2.12. The Hall–Kier alpha value is -2.43. The highest BCUT2D eigenvalue weighted by Gasteiger charge is 2.12. The second kappa shape index (κ2) is 7.72. The third-order valence-electron chi connectivity index (χ3n) is 4.13. The number of hydrogen-bond acceptors (Lipinski definition) is 3. The molecular formula is C18H22N4O. The van der Waals surface area contributed by atoms with Gasteiger partial charge in [-0.1, -0.05) is 30.7 Å². The second-order valence-electron chi connectivity index (χ2n) is 5.90. The number of carbonyl (C=O) groups excluding carboxylic acids is 1. The third-order valence-corrected chi connectivity index (χ3v) is 4.13. The Labute approximate surface area is 136 Å². The molecule has 5 heteroatoms. The third kappa shape index (κ3) is 4.52. The van der Waals surface area contributed by atoms with Crippen LogP contribution >= 0.6 is 0 Å². The minimum Gasteiger partial charge on any atom is -0.337 e. The molecule has 5 nitrogen and oxygen atoms in total. The molecule has 0 atom stereocenters. The van der Waals surface area contributed by atoms with E-state index >= 15 is 0 Å². The Morgan fingerprint density at radius 1 is 1.09 bits per heavy atom. The summed E-state index contributed by atoms with van der Waals surface area (Å²) in [5, 5.41) is 4.13. The maximum Gasteiger partial charge on any atom is 0.240 e. The van der Waals surface area contributed by atoms with Crippen LogP contribution in [0.15, 0.2) is 48.1 Å². The summed E-state index contributed by atoms with van der Waals surface area (Å²) in [7, 11) is 0. The largest absolute Gasteiger partial charge is 0.337 e. The lowest BCUT2D eigenvalue weighted by Gasteiger charge is -2.12. The van der Waals surface area contributed by atoms with Gasteiger partial charge in [0, 0.05) is 31.8 Å². The zero-order chi connectivity index (χ0) is 15.9. The highest BCUT2D eigenvalue weighted by atomic mass is 16.2. The van der Waals surface area contributed by atoms with Crippen molar-refractivity contribution in [2.75, 3.05) is 0 Å². The van der Waals surface area contributed by atoms with E-state index in [1.54, 1.807) is 0 Å². The first-order chi connectivity index (χ1) is 11.3. The van der Waals surface area contributed by atoms with E-state index in [1.807, 2.05) is 18.7 Å². The van der Waals surface area contributed by atoms with Crippen LogP contribution in [0.25, 0.3) is 0 Å². The molecule has 1 N–H and O–H groups in total. The quantitative estimate of drug-likeness (QED) is 0.799. The molecule has 0 saturated heterocycles.